The largest absolute Gasteiger partial charge is 0.365 e. The van der Waals surface area contributed by atoms with Crippen LogP contribution in [0.15, 0.2) is 12.1 Å². The van der Waals surface area contributed by atoms with Gasteiger partial charge < -0.3 is 15.5 Å². The van der Waals surface area contributed by atoms with Gasteiger partial charge in [-0.1, -0.05) is 0 Å². The molecule has 1 aliphatic heterocycles. The molecule has 1 aromatic heterocycles. The zero-order valence-electron chi connectivity index (χ0n) is 10.8. The van der Waals surface area contributed by atoms with Crippen molar-refractivity contribution in [2.75, 3.05) is 32.0 Å². The van der Waals surface area contributed by atoms with E-state index >= 15 is 0 Å². The molecule has 0 spiro atoms. The summed E-state index contributed by atoms with van der Waals surface area (Å²) < 4.78 is 0. The summed E-state index contributed by atoms with van der Waals surface area (Å²) in [6.45, 7) is 4.58. The molecule has 1 fully saturated rings. The topological polar surface area (TPSA) is 70.2 Å². The Kier molecular flexibility index (Phi) is 4.09. The Bertz CT molecular complexity index is 405. The van der Waals surface area contributed by atoms with Crippen molar-refractivity contribution in [3.8, 4) is 0 Å². The predicted molar refractivity (Wildman–Crippen MR) is 69.6 cm³/mol. The van der Waals surface area contributed by atoms with Crippen molar-refractivity contribution in [3.05, 3.63) is 17.8 Å². The van der Waals surface area contributed by atoms with E-state index in [0.717, 1.165) is 25.3 Å². The number of anilines is 1. The van der Waals surface area contributed by atoms with Gasteiger partial charge in [0.2, 0.25) is 0 Å². The first-order valence-electron chi connectivity index (χ1n) is 6.26. The Morgan fingerprint density at radius 2 is 2.33 bits per heavy atom. The summed E-state index contributed by atoms with van der Waals surface area (Å²) in [6, 6.07) is 3.91. The lowest BCUT2D eigenvalue weighted by molar-refractivity contribution is 0.0950. The monoisotopic (exact) mass is 249 g/mol. The highest BCUT2D eigenvalue weighted by molar-refractivity contribution is 5.92. The van der Waals surface area contributed by atoms with Gasteiger partial charge >= 0.3 is 0 Å². The Morgan fingerprint density at radius 1 is 1.50 bits per heavy atom. The van der Waals surface area contributed by atoms with E-state index in [9.17, 15) is 4.79 Å². The Morgan fingerprint density at radius 3 is 2.89 bits per heavy atom. The standard InChI is InChI=1S/C12H19N5O/c1-3-13-12(18)10-4-5-11(16-15-10)14-9-6-7-17(2)8-9/h4-5,9H,3,6-8H2,1-2H3,(H,13,18)(H,14,16). The highest BCUT2D eigenvalue weighted by Gasteiger charge is 2.19. The van der Waals surface area contributed by atoms with Crippen LogP contribution in [0.3, 0.4) is 0 Å². The number of likely N-dealkylation sites (N-methyl/N-ethyl adjacent to an activating group) is 1. The SMILES string of the molecule is CCNC(=O)c1ccc(NC2CCN(C)C2)nn1. The number of carbonyl (C=O) groups is 1. The molecule has 0 aromatic carbocycles. The fraction of sp³-hybridized carbons (Fsp3) is 0.583. The van der Waals surface area contributed by atoms with E-state index in [1.165, 1.54) is 0 Å². The zero-order valence-corrected chi connectivity index (χ0v) is 10.8. The van der Waals surface area contributed by atoms with Gasteiger partial charge in [-0.2, -0.15) is 0 Å². The minimum absolute atomic E-state index is 0.183. The lowest BCUT2D eigenvalue weighted by Crippen LogP contribution is -2.26. The molecule has 1 saturated heterocycles. The Labute approximate surface area is 107 Å². The van der Waals surface area contributed by atoms with E-state index in [-0.39, 0.29) is 5.91 Å². The minimum Gasteiger partial charge on any atom is -0.365 e. The number of carbonyl (C=O) groups excluding carboxylic acids is 1. The van der Waals surface area contributed by atoms with Gasteiger partial charge in [-0.3, -0.25) is 4.79 Å². The van der Waals surface area contributed by atoms with Crippen LogP contribution in [-0.2, 0) is 0 Å². The van der Waals surface area contributed by atoms with Gasteiger partial charge in [0, 0.05) is 19.1 Å². The zero-order chi connectivity index (χ0) is 13.0. The van der Waals surface area contributed by atoms with Crippen molar-refractivity contribution >= 4 is 11.7 Å². The molecule has 98 valence electrons. The third-order valence-electron chi connectivity index (χ3n) is 2.98. The van der Waals surface area contributed by atoms with Gasteiger partial charge in [0.15, 0.2) is 5.69 Å². The van der Waals surface area contributed by atoms with E-state index in [1.807, 2.05) is 6.92 Å². The van der Waals surface area contributed by atoms with Gasteiger partial charge in [-0.05, 0) is 39.1 Å². The Balaban J connectivity index is 1.93. The summed E-state index contributed by atoms with van der Waals surface area (Å²) in [5.74, 6) is 0.542. The molecule has 1 aliphatic rings. The van der Waals surface area contributed by atoms with Crippen molar-refractivity contribution in [3.63, 3.8) is 0 Å². The van der Waals surface area contributed by atoms with Crippen molar-refractivity contribution in [2.45, 2.75) is 19.4 Å². The molecule has 1 aromatic rings. The number of nitrogens with zero attached hydrogens (tertiary/aromatic N) is 3. The molecule has 2 N–H and O–H groups in total. The van der Waals surface area contributed by atoms with Crippen LogP contribution in [0, 0.1) is 0 Å². The van der Waals surface area contributed by atoms with E-state index in [2.05, 4.69) is 32.8 Å². The molecule has 2 heterocycles. The molecule has 2 rings (SSSR count). The molecule has 1 atom stereocenters. The molecule has 6 heteroatoms. The third-order valence-corrected chi connectivity index (χ3v) is 2.98. The number of hydrogen-bond donors (Lipinski definition) is 2. The van der Waals surface area contributed by atoms with E-state index in [1.54, 1.807) is 12.1 Å². The number of nitrogens with one attached hydrogen (secondary N) is 2. The normalized spacial score (nSPS) is 19.8. The summed E-state index contributed by atoms with van der Waals surface area (Å²) in [5, 5.41) is 14.0. The van der Waals surface area contributed by atoms with Gasteiger partial charge in [0.1, 0.15) is 5.82 Å². The molecule has 1 amide bonds. The average molecular weight is 249 g/mol. The molecule has 0 saturated carbocycles. The van der Waals surface area contributed by atoms with Crippen LogP contribution in [0.5, 0.6) is 0 Å². The second-order valence-corrected chi connectivity index (χ2v) is 4.56. The molecule has 18 heavy (non-hydrogen) atoms. The van der Waals surface area contributed by atoms with Crippen LogP contribution in [0.4, 0.5) is 5.82 Å². The highest BCUT2D eigenvalue weighted by atomic mass is 16.1. The lowest BCUT2D eigenvalue weighted by atomic mass is 10.2. The molecule has 0 bridgehead atoms. The van der Waals surface area contributed by atoms with Gasteiger partial charge in [0.25, 0.3) is 5.91 Å². The lowest BCUT2D eigenvalue weighted by Gasteiger charge is -2.12. The minimum atomic E-state index is -0.183. The van der Waals surface area contributed by atoms with Crippen molar-refractivity contribution in [1.82, 2.24) is 20.4 Å². The van der Waals surface area contributed by atoms with Crippen LogP contribution in [0.1, 0.15) is 23.8 Å². The number of amides is 1. The number of aromatic nitrogens is 2. The first-order chi connectivity index (χ1) is 8.69. The molecule has 6 nitrogen and oxygen atoms in total. The van der Waals surface area contributed by atoms with Gasteiger partial charge in [-0.25, -0.2) is 0 Å². The van der Waals surface area contributed by atoms with Gasteiger partial charge in [0.05, 0.1) is 0 Å². The Hall–Kier alpha value is -1.69. The smallest absolute Gasteiger partial charge is 0.271 e. The summed E-state index contributed by atoms with van der Waals surface area (Å²) in [5.41, 5.74) is 0.353. The fourth-order valence-electron chi connectivity index (χ4n) is 2.04. The van der Waals surface area contributed by atoms with Crippen LogP contribution < -0.4 is 10.6 Å². The van der Waals surface area contributed by atoms with E-state index < -0.39 is 0 Å². The molecule has 0 aliphatic carbocycles. The van der Waals surface area contributed by atoms with Crippen LogP contribution in [-0.4, -0.2) is 53.7 Å². The van der Waals surface area contributed by atoms with E-state index in [4.69, 9.17) is 0 Å². The van der Waals surface area contributed by atoms with Crippen LogP contribution in [0.25, 0.3) is 0 Å². The first kappa shape index (κ1) is 12.8. The van der Waals surface area contributed by atoms with Crippen LogP contribution >= 0.6 is 0 Å². The second-order valence-electron chi connectivity index (χ2n) is 4.56. The summed E-state index contributed by atoms with van der Waals surface area (Å²) in [4.78, 5) is 13.8. The maximum absolute atomic E-state index is 11.5. The molecule has 0 radical (unpaired) electrons. The summed E-state index contributed by atoms with van der Waals surface area (Å²) >= 11 is 0. The van der Waals surface area contributed by atoms with Crippen molar-refractivity contribution < 1.29 is 4.79 Å². The van der Waals surface area contributed by atoms with E-state index in [0.29, 0.717) is 18.3 Å². The maximum Gasteiger partial charge on any atom is 0.271 e. The average Bonchev–Trinajstić information content (AvgIpc) is 2.76. The summed E-state index contributed by atoms with van der Waals surface area (Å²) in [6.07, 6.45) is 1.11. The number of likely N-dealkylation sites (tertiary alicyclic amines) is 1. The molecule has 1 unspecified atom stereocenters. The molecular formula is C12H19N5O. The maximum atomic E-state index is 11.5. The predicted octanol–water partition coefficient (Wildman–Crippen LogP) is 0.342. The first-order valence-corrected chi connectivity index (χ1v) is 6.26. The molecular weight excluding hydrogens is 230 g/mol. The van der Waals surface area contributed by atoms with Gasteiger partial charge in [-0.15, -0.1) is 10.2 Å². The second kappa shape index (κ2) is 5.77. The number of hydrogen-bond acceptors (Lipinski definition) is 5. The highest BCUT2D eigenvalue weighted by Crippen LogP contribution is 2.12. The third kappa shape index (κ3) is 3.16. The van der Waals surface area contributed by atoms with Crippen LogP contribution in [0.2, 0.25) is 0 Å². The van der Waals surface area contributed by atoms with Crippen molar-refractivity contribution in [1.29, 1.82) is 0 Å². The number of rotatable bonds is 4. The fourth-order valence-corrected chi connectivity index (χ4v) is 2.04. The summed E-state index contributed by atoms with van der Waals surface area (Å²) in [7, 11) is 2.10. The quantitative estimate of drug-likeness (QED) is 0.805. The van der Waals surface area contributed by atoms with Crippen molar-refractivity contribution in [2.24, 2.45) is 0 Å².